The predicted molar refractivity (Wildman–Crippen MR) is 85.8 cm³/mol. The monoisotopic (exact) mass is 360 g/mol. The molecule has 0 saturated carbocycles. The molecule has 136 valence electrons. The molecule has 10 nitrogen and oxygen atoms in total. The molecule has 3 atom stereocenters. The molecule has 0 amide bonds. The molecule has 0 unspecified atom stereocenters. The smallest absolute Gasteiger partial charge is 0.303 e. The van der Waals surface area contributed by atoms with Crippen LogP contribution in [-0.4, -0.2) is 45.3 Å². The number of nitrogens with zero attached hydrogens (tertiary/aromatic N) is 3. The molecule has 2 aromatic rings. The molecule has 0 aromatic carbocycles. The van der Waals surface area contributed by atoms with Gasteiger partial charge in [0.1, 0.15) is 24.2 Å². The average molecular weight is 360 g/mol. The first-order chi connectivity index (χ1) is 12.4. The number of hydrogen-bond acceptors (Lipinski definition) is 8. The zero-order chi connectivity index (χ0) is 18.8. The topological polar surface area (TPSA) is 136 Å². The van der Waals surface area contributed by atoms with E-state index in [0.717, 1.165) is 0 Å². The molecule has 0 bridgehead atoms. The summed E-state index contributed by atoms with van der Waals surface area (Å²) in [6, 6.07) is 1.95. The van der Waals surface area contributed by atoms with Gasteiger partial charge in [0.2, 0.25) is 0 Å². The molecule has 10 heteroatoms. The van der Waals surface area contributed by atoms with E-state index in [1.807, 2.05) is 6.07 Å². The number of aromatic amines is 1. The summed E-state index contributed by atoms with van der Waals surface area (Å²) < 4.78 is 17.6. The van der Waals surface area contributed by atoms with Crippen LogP contribution in [0.2, 0.25) is 0 Å². The van der Waals surface area contributed by atoms with E-state index >= 15 is 0 Å². The summed E-state index contributed by atoms with van der Waals surface area (Å²) in [7, 11) is 0. The number of fused-ring (bicyclic) bond motifs is 1. The number of esters is 2. The van der Waals surface area contributed by atoms with Crippen LogP contribution in [0.5, 0.6) is 0 Å². The van der Waals surface area contributed by atoms with Crippen molar-refractivity contribution in [1.29, 1.82) is 5.26 Å². The van der Waals surface area contributed by atoms with Crippen LogP contribution in [0.15, 0.2) is 17.3 Å². The Kier molecular flexibility index (Phi) is 4.73. The maximum atomic E-state index is 12.0. The van der Waals surface area contributed by atoms with Crippen molar-refractivity contribution in [3.8, 4) is 6.07 Å². The second-order valence-electron chi connectivity index (χ2n) is 5.83. The standard InChI is InChI=1S/C16H16N4O6/c1-8(21)24-6-11-3-12(25-9(2)22)16(26-11)20-5-10(4-17)13-14(20)18-7-19-15(13)23/h5,7,11-12,16H,3,6H2,1-2H3,(H,18,19,23)/t11-,12+,16+/m0/s1. The van der Waals surface area contributed by atoms with Crippen molar-refractivity contribution in [3.05, 3.63) is 28.4 Å². The highest BCUT2D eigenvalue weighted by atomic mass is 16.6. The van der Waals surface area contributed by atoms with Crippen LogP contribution < -0.4 is 5.56 Å². The quantitative estimate of drug-likeness (QED) is 0.773. The van der Waals surface area contributed by atoms with Gasteiger partial charge >= 0.3 is 11.9 Å². The number of hydrogen-bond donors (Lipinski definition) is 1. The molecule has 1 aliphatic heterocycles. The van der Waals surface area contributed by atoms with Crippen molar-refractivity contribution in [2.75, 3.05) is 6.61 Å². The largest absolute Gasteiger partial charge is 0.463 e. The van der Waals surface area contributed by atoms with Crippen LogP contribution in [0.1, 0.15) is 32.1 Å². The lowest BCUT2D eigenvalue weighted by Crippen LogP contribution is -2.24. The minimum atomic E-state index is -0.807. The number of nitrogens with one attached hydrogen (secondary N) is 1. The Morgan fingerprint density at radius 3 is 2.88 bits per heavy atom. The van der Waals surface area contributed by atoms with Crippen LogP contribution in [0.3, 0.4) is 0 Å². The first kappa shape index (κ1) is 17.6. The van der Waals surface area contributed by atoms with Crippen LogP contribution in [0.4, 0.5) is 0 Å². The summed E-state index contributed by atoms with van der Waals surface area (Å²) in [6.07, 6.45) is 0.951. The van der Waals surface area contributed by atoms with E-state index < -0.39 is 35.9 Å². The van der Waals surface area contributed by atoms with Crippen LogP contribution in [-0.2, 0) is 23.8 Å². The summed E-state index contributed by atoms with van der Waals surface area (Å²) in [6.45, 7) is 2.56. The van der Waals surface area contributed by atoms with Gasteiger partial charge in [-0.15, -0.1) is 0 Å². The number of H-pyrrole nitrogens is 1. The maximum absolute atomic E-state index is 12.0. The van der Waals surface area contributed by atoms with E-state index in [1.54, 1.807) is 0 Å². The first-order valence-electron chi connectivity index (χ1n) is 7.85. The normalized spacial score (nSPS) is 22.1. The van der Waals surface area contributed by atoms with E-state index in [4.69, 9.17) is 14.2 Å². The number of carbonyl (C=O) groups is 2. The molecule has 3 heterocycles. The summed E-state index contributed by atoms with van der Waals surface area (Å²) in [5.74, 6) is -0.952. The van der Waals surface area contributed by atoms with Crippen molar-refractivity contribution in [2.24, 2.45) is 0 Å². The van der Waals surface area contributed by atoms with Crippen LogP contribution >= 0.6 is 0 Å². The predicted octanol–water partition coefficient (Wildman–Crippen LogP) is 0.379. The summed E-state index contributed by atoms with van der Waals surface area (Å²) in [5, 5.41) is 9.43. The van der Waals surface area contributed by atoms with Gasteiger partial charge in [-0.05, 0) is 0 Å². The van der Waals surface area contributed by atoms with E-state index in [9.17, 15) is 19.6 Å². The Labute approximate surface area is 147 Å². The third-order valence-electron chi connectivity index (χ3n) is 3.94. The van der Waals surface area contributed by atoms with E-state index in [0.29, 0.717) is 6.42 Å². The third kappa shape index (κ3) is 3.29. The lowest BCUT2D eigenvalue weighted by Gasteiger charge is -2.20. The van der Waals surface area contributed by atoms with E-state index in [2.05, 4.69) is 9.97 Å². The molecule has 1 N–H and O–H groups in total. The van der Waals surface area contributed by atoms with Gasteiger partial charge in [0, 0.05) is 26.5 Å². The van der Waals surface area contributed by atoms with Gasteiger partial charge < -0.3 is 23.8 Å². The lowest BCUT2D eigenvalue weighted by molar-refractivity contribution is -0.152. The number of ether oxygens (including phenoxy) is 3. The van der Waals surface area contributed by atoms with Gasteiger partial charge in [-0.3, -0.25) is 14.4 Å². The Bertz CT molecular complexity index is 956. The van der Waals surface area contributed by atoms with E-state index in [-0.39, 0.29) is 23.2 Å². The van der Waals surface area contributed by atoms with Gasteiger partial charge in [0.25, 0.3) is 5.56 Å². The van der Waals surface area contributed by atoms with Gasteiger partial charge in [-0.1, -0.05) is 0 Å². The molecule has 1 aliphatic rings. The number of rotatable bonds is 4. The number of aromatic nitrogens is 3. The first-order valence-corrected chi connectivity index (χ1v) is 7.85. The Balaban J connectivity index is 2.00. The second kappa shape index (κ2) is 6.97. The molecule has 26 heavy (non-hydrogen) atoms. The summed E-state index contributed by atoms with van der Waals surface area (Å²) >= 11 is 0. The molecule has 2 aromatic heterocycles. The van der Waals surface area contributed by atoms with Crippen LogP contribution in [0.25, 0.3) is 11.0 Å². The molecular formula is C16H16N4O6. The molecule has 0 aliphatic carbocycles. The highest BCUT2D eigenvalue weighted by Gasteiger charge is 2.40. The highest BCUT2D eigenvalue weighted by molar-refractivity contribution is 5.82. The van der Waals surface area contributed by atoms with Crippen molar-refractivity contribution >= 4 is 23.0 Å². The number of nitriles is 1. The lowest BCUT2D eigenvalue weighted by atomic mass is 10.2. The molecule has 0 spiro atoms. The fourth-order valence-corrected chi connectivity index (χ4v) is 2.97. The molecule has 1 fully saturated rings. The van der Waals surface area contributed by atoms with Crippen molar-refractivity contribution in [2.45, 2.75) is 38.7 Å². The molecule has 1 saturated heterocycles. The zero-order valence-electron chi connectivity index (χ0n) is 14.1. The summed E-state index contributed by atoms with van der Waals surface area (Å²) in [4.78, 5) is 41.0. The van der Waals surface area contributed by atoms with Gasteiger partial charge in [0.05, 0.1) is 18.0 Å². The molecular weight excluding hydrogens is 344 g/mol. The Hall–Kier alpha value is -3.19. The third-order valence-corrected chi connectivity index (χ3v) is 3.94. The number of carbonyl (C=O) groups excluding carboxylic acids is 2. The van der Waals surface area contributed by atoms with Crippen LogP contribution in [0, 0.1) is 11.3 Å². The van der Waals surface area contributed by atoms with E-state index in [1.165, 1.54) is 30.9 Å². The minimum Gasteiger partial charge on any atom is -0.463 e. The molecule has 3 rings (SSSR count). The summed E-state index contributed by atoms with van der Waals surface area (Å²) in [5.41, 5.74) is -0.0904. The fourth-order valence-electron chi connectivity index (χ4n) is 2.97. The van der Waals surface area contributed by atoms with Gasteiger partial charge in [-0.2, -0.15) is 5.26 Å². The Morgan fingerprint density at radius 2 is 2.23 bits per heavy atom. The zero-order valence-corrected chi connectivity index (χ0v) is 14.1. The second-order valence-corrected chi connectivity index (χ2v) is 5.83. The SMILES string of the molecule is CC(=O)OC[C@@H]1C[C@@H](OC(C)=O)[C@H](n2cc(C#N)c3c(=O)[nH]cnc32)O1. The Morgan fingerprint density at radius 1 is 1.46 bits per heavy atom. The van der Waals surface area contributed by atoms with Crippen molar-refractivity contribution < 1.29 is 23.8 Å². The maximum Gasteiger partial charge on any atom is 0.303 e. The van der Waals surface area contributed by atoms with Gasteiger partial charge in [0.15, 0.2) is 11.9 Å². The van der Waals surface area contributed by atoms with Gasteiger partial charge in [-0.25, -0.2) is 4.98 Å². The molecule has 0 radical (unpaired) electrons. The van der Waals surface area contributed by atoms with Crippen molar-refractivity contribution in [3.63, 3.8) is 0 Å². The van der Waals surface area contributed by atoms with Crippen molar-refractivity contribution in [1.82, 2.24) is 14.5 Å². The minimum absolute atomic E-state index is 0.00190. The average Bonchev–Trinajstić information content (AvgIpc) is 3.14. The highest BCUT2D eigenvalue weighted by Crippen LogP contribution is 2.34. The fraction of sp³-hybridized carbons (Fsp3) is 0.438.